The smallest absolute Gasteiger partial charge is 0.0139 e. The molecule has 0 saturated heterocycles. The summed E-state index contributed by atoms with van der Waals surface area (Å²) in [5.41, 5.74) is 6.55. The number of hydrogen-bond acceptors (Lipinski definition) is 0. The molecule has 1 atom stereocenters. The second-order valence-electron chi connectivity index (χ2n) is 5.89. The fourth-order valence-corrected chi connectivity index (χ4v) is 3.47. The van der Waals surface area contributed by atoms with Crippen LogP contribution in [0.4, 0.5) is 0 Å². The van der Waals surface area contributed by atoms with Crippen LogP contribution in [-0.2, 0) is 12.8 Å². The van der Waals surface area contributed by atoms with Crippen molar-refractivity contribution in [1.82, 2.24) is 0 Å². The predicted octanol–water partition coefficient (Wildman–Crippen LogP) is 5.02. The van der Waals surface area contributed by atoms with Crippen LogP contribution in [0, 0.1) is 12.8 Å². The van der Waals surface area contributed by atoms with Crippen LogP contribution in [0.1, 0.15) is 68.2 Å². The molecule has 0 fully saturated rings. The first-order valence-corrected chi connectivity index (χ1v) is 7.26. The molecule has 0 amide bonds. The van der Waals surface area contributed by atoms with Gasteiger partial charge in [-0.15, -0.1) is 0 Å². The Balaban J connectivity index is 2.47. The molecule has 1 aromatic carbocycles. The summed E-state index contributed by atoms with van der Waals surface area (Å²) in [6.07, 6.45) is 6.67. The van der Waals surface area contributed by atoms with Gasteiger partial charge in [0.25, 0.3) is 0 Å². The molecule has 2 rings (SSSR count). The zero-order valence-electron chi connectivity index (χ0n) is 11.8. The topological polar surface area (TPSA) is 0 Å². The summed E-state index contributed by atoms with van der Waals surface area (Å²) < 4.78 is 0. The van der Waals surface area contributed by atoms with Gasteiger partial charge in [-0.25, -0.2) is 0 Å². The quantitative estimate of drug-likeness (QED) is 0.683. The number of rotatable bonds is 3. The minimum atomic E-state index is 0.752. The molecule has 1 unspecified atom stereocenters. The molecule has 0 heterocycles. The largest absolute Gasteiger partial charge is 0.0648 e. The van der Waals surface area contributed by atoms with Gasteiger partial charge in [0.2, 0.25) is 0 Å². The van der Waals surface area contributed by atoms with E-state index >= 15 is 0 Å². The van der Waals surface area contributed by atoms with Crippen LogP contribution in [0.15, 0.2) is 12.1 Å². The normalized spacial score (nSPS) is 17.0. The van der Waals surface area contributed by atoms with Gasteiger partial charge in [-0.05, 0) is 73.1 Å². The van der Waals surface area contributed by atoms with E-state index in [1.807, 2.05) is 0 Å². The molecular weight excluding hydrogens is 204 g/mol. The average molecular weight is 230 g/mol. The highest BCUT2D eigenvalue weighted by atomic mass is 14.3. The molecular formula is C17H26. The van der Waals surface area contributed by atoms with E-state index in [1.54, 1.807) is 16.7 Å². The van der Waals surface area contributed by atoms with E-state index in [2.05, 4.69) is 39.8 Å². The fraction of sp³-hybridized carbons (Fsp3) is 0.647. The van der Waals surface area contributed by atoms with Gasteiger partial charge in [-0.2, -0.15) is 0 Å². The number of fused-ring (bicyclic) bond motifs is 1. The standard InChI is InChI=1S/C17H26/c1-5-14(12(2)3)17-11-10-13(4)15-8-6-7-9-16(15)17/h10-12,14H,5-9H2,1-4H3. The Morgan fingerprint density at radius 3 is 2.29 bits per heavy atom. The second kappa shape index (κ2) is 5.25. The molecule has 1 aromatic rings. The molecule has 0 N–H and O–H groups in total. The van der Waals surface area contributed by atoms with Gasteiger partial charge in [0, 0.05) is 0 Å². The van der Waals surface area contributed by atoms with Gasteiger partial charge in [-0.1, -0.05) is 32.9 Å². The van der Waals surface area contributed by atoms with Gasteiger partial charge >= 0.3 is 0 Å². The van der Waals surface area contributed by atoms with Crippen molar-refractivity contribution in [2.45, 2.75) is 65.7 Å². The Bertz CT molecular complexity index is 387. The summed E-state index contributed by atoms with van der Waals surface area (Å²) >= 11 is 0. The minimum Gasteiger partial charge on any atom is -0.0648 e. The van der Waals surface area contributed by atoms with E-state index in [0.29, 0.717) is 0 Å². The van der Waals surface area contributed by atoms with Gasteiger partial charge in [0.1, 0.15) is 0 Å². The summed E-state index contributed by atoms with van der Waals surface area (Å²) in [5.74, 6) is 1.51. The lowest BCUT2D eigenvalue weighted by Crippen LogP contribution is -2.14. The third kappa shape index (κ3) is 2.41. The van der Waals surface area contributed by atoms with Crippen LogP contribution in [0.3, 0.4) is 0 Å². The average Bonchev–Trinajstić information content (AvgIpc) is 2.33. The van der Waals surface area contributed by atoms with Crippen LogP contribution in [-0.4, -0.2) is 0 Å². The zero-order valence-corrected chi connectivity index (χ0v) is 11.8. The molecule has 0 aromatic heterocycles. The Labute approximate surface area is 106 Å². The van der Waals surface area contributed by atoms with Crippen LogP contribution < -0.4 is 0 Å². The van der Waals surface area contributed by atoms with Gasteiger partial charge in [0.05, 0.1) is 0 Å². The molecule has 0 nitrogen and oxygen atoms in total. The molecule has 0 bridgehead atoms. The number of aryl methyl sites for hydroxylation is 1. The van der Waals surface area contributed by atoms with Gasteiger partial charge in [0.15, 0.2) is 0 Å². The van der Waals surface area contributed by atoms with Crippen molar-refractivity contribution in [3.8, 4) is 0 Å². The van der Waals surface area contributed by atoms with E-state index < -0.39 is 0 Å². The zero-order chi connectivity index (χ0) is 12.4. The first-order chi connectivity index (χ1) is 8.15. The van der Waals surface area contributed by atoms with E-state index in [1.165, 1.54) is 37.7 Å². The molecule has 17 heavy (non-hydrogen) atoms. The van der Waals surface area contributed by atoms with Crippen molar-refractivity contribution < 1.29 is 0 Å². The van der Waals surface area contributed by atoms with Crippen LogP contribution >= 0.6 is 0 Å². The lowest BCUT2D eigenvalue weighted by molar-refractivity contribution is 0.478. The highest BCUT2D eigenvalue weighted by Gasteiger charge is 2.21. The van der Waals surface area contributed by atoms with Crippen LogP contribution in [0.25, 0.3) is 0 Å². The van der Waals surface area contributed by atoms with Crippen LogP contribution in [0.5, 0.6) is 0 Å². The summed E-state index contributed by atoms with van der Waals surface area (Å²) in [4.78, 5) is 0. The first-order valence-electron chi connectivity index (χ1n) is 7.26. The lowest BCUT2D eigenvalue weighted by Gasteiger charge is -2.28. The number of hydrogen-bond donors (Lipinski definition) is 0. The SMILES string of the molecule is CCC(c1ccc(C)c2c1CCCC2)C(C)C. The van der Waals surface area contributed by atoms with E-state index in [0.717, 1.165) is 11.8 Å². The summed E-state index contributed by atoms with van der Waals surface area (Å²) in [6, 6.07) is 4.76. The first kappa shape index (κ1) is 12.7. The summed E-state index contributed by atoms with van der Waals surface area (Å²) in [6.45, 7) is 9.34. The van der Waals surface area contributed by atoms with Crippen molar-refractivity contribution in [1.29, 1.82) is 0 Å². The molecule has 1 aliphatic carbocycles. The molecule has 0 heteroatoms. The Hall–Kier alpha value is -0.780. The maximum Gasteiger partial charge on any atom is -0.0139 e. The molecule has 0 radical (unpaired) electrons. The number of benzene rings is 1. The third-order valence-electron chi connectivity index (χ3n) is 4.45. The van der Waals surface area contributed by atoms with E-state index in [9.17, 15) is 0 Å². The summed E-state index contributed by atoms with van der Waals surface area (Å²) in [5, 5.41) is 0. The van der Waals surface area contributed by atoms with Crippen molar-refractivity contribution in [3.05, 3.63) is 34.4 Å². The van der Waals surface area contributed by atoms with Gasteiger partial charge in [-0.3, -0.25) is 0 Å². The highest BCUT2D eigenvalue weighted by Crippen LogP contribution is 2.36. The maximum atomic E-state index is 2.41. The highest BCUT2D eigenvalue weighted by molar-refractivity contribution is 5.44. The van der Waals surface area contributed by atoms with Crippen LogP contribution in [0.2, 0.25) is 0 Å². The lowest BCUT2D eigenvalue weighted by atomic mass is 9.77. The molecule has 0 saturated carbocycles. The monoisotopic (exact) mass is 230 g/mol. The minimum absolute atomic E-state index is 0.752. The predicted molar refractivity (Wildman–Crippen MR) is 75.7 cm³/mol. The Kier molecular flexibility index (Phi) is 3.91. The second-order valence-corrected chi connectivity index (χ2v) is 5.89. The third-order valence-corrected chi connectivity index (χ3v) is 4.45. The van der Waals surface area contributed by atoms with Crippen molar-refractivity contribution >= 4 is 0 Å². The van der Waals surface area contributed by atoms with Crippen molar-refractivity contribution in [2.75, 3.05) is 0 Å². The van der Waals surface area contributed by atoms with Gasteiger partial charge < -0.3 is 0 Å². The molecule has 94 valence electrons. The van der Waals surface area contributed by atoms with Crippen molar-refractivity contribution in [3.63, 3.8) is 0 Å². The van der Waals surface area contributed by atoms with E-state index in [-0.39, 0.29) is 0 Å². The molecule has 1 aliphatic rings. The van der Waals surface area contributed by atoms with E-state index in [4.69, 9.17) is 0 Å². The fourth-order valence-electron chi connectivity index (χ4n) is 3.47. The molecule has 0 spiro atoms. The summed E-state index contributed by atoms with van der Waals surface area (Å²) in [7, 11) is 0. The Morgan fingerprint density at radius 2 is 1.71 bits per heavy atom. The van der Waals surface area contributed by atoms with Crippen molar-refractivity contribution in [2.24, 2.45) is 5.92 Å². The Morgan fingerprint density at radius 1 is 1.06 bits per heavy atom. The molecule has 0 aliphatic heterocycles. The maximum absolute atomic E-state index is 2.41.